The van der Waals surface area contributed by atoms with Crippen LogP contribution < -0.4 is 5.56 Å². The highest BCUT2D eigenvalue weighted by Gasteiger charge is 2.22. The fourth-order valence-electron chi connectivity index (χ4n) is 1.37. The van der Waals surface area contributed by atoms with Crippen LogP contribution in [0.2, 0.25) is 0 Å². The molecule has 0 unspecified atom stereocenters. The van der Waals surface area contributed by atoms with Crippen molar-refractivity contribution in [3.8, 4) is 11.3 Å². The number of esters is 1. The van der Waals surface area contributed by atoms with E-state index in [-0.39, 0.29) is 16.8 Å². The monoisotopic (exact) mass is 239 g/mol. The topological polar surface area (TPSA) is 77.0 Å². The summed E-state index contributed by atoms with van der Waals surface area (Å²) in [7, 11) is 2.79. The number of thiazole rings is 1. The molecule has 2 rings (SSSR count). The molecule has 0 aliphatic heterocycles. The minimum absolute atomic E-state index is 0.126. The van der Waals surface area contributed by atoms with Crippen molar-refractivity contribution < 1.29 is 9.53 Å². The Labute approximate surface area is 94.5 Å². The van der Waals surface area contributed by atoms with Crippen LogP contribution in [0.1, 0.15) is 10.5 Å². The second-order valence-electron chi connectivity index (χ2n) is 3.09. The SMILES string of the molecule is COC(=O)c1[nH]n(C)c(=O)c1-c1cscn1. The third kappa shape index (κ3) is 1.54. The molecule has 7 heteroatoms. The molecule has 2 heterocycles. The third-order valence-corrected chi connectivity index (χ3v) is 2.71. The summed E-state index contributed by atoms with van der Waals surface area (Å²) in [6.45, 7) is 0. The Balaban J connectivity index is 2.68. The van der Waals surface area contributed by atoms with Crippen LogP contribution in [0.3, 0.4) is 0 Å². The van der Waals surface area contributed by atoms with Crippen LogP contribution in [0.4, 0.5) is 0 Å². The number of nitrogens with zero attached hydrogens (tertiary/aromatic N) is 2. The van der Waals surface area contributed by atoms with E-state index in [1.807, 2.05) is 0 Å². The number of aromatic nitrogens is 3. The van der Waals surface area contributed by atoms with Gasteiger partial charge in [-0.25, -0.2) is 9.78 Å². The minimum Gasteiger partial charge on any atom is -0.464 e. The average Bonchev–Trinajstić information content (AvgIpc) is 2.87. The Kier molecular flexibility index (Phi) is 2.61. The Morgan fingerprint density at radius 2 is 2.38 bits per heavy atom. The van der Waals surface area contributed by atoms with Crippen molar-refractivity contribution in [2.45, 2.75) is 0 Å². The Morgan fingerprint density at radius 3 is 2.94 bits per heavy atom. The molecule has 0 aromatic carbocycles. The van der Waals surface area contributed by atoms with Crippen LogP contribution in [0.5, 0.6) is 0 Å². The summed E-state index contributed by atoms with van der Waals surface area (Å²) in [5, 5.41) is 4.35. The molecule has 0 bridgehead atoms. The van der Waals surface area contributed by atoms with E-state index < -0.39 is 5.97 Å². The van der Waals surface area contributed by atoms with E-state index in [1.165, 1.54) is 30.2 Å². The first kappa shape index (κ1) is 10.6. The van der Waals surface area contributed by atoms with Crippen molar-refractivity contribution in [3.63, 3.8) is 0 Å². The molecule has 0 aliphatic rings. The summed E-state index contributed by atoms with van der Waals surface area (Å²) in [4.78, 5) is 27.3. The lowest BCUT2D eigenvalue weighted by molar-refractivity contribution is 0.0594. The average molecular weight is 239 g/mol. The van der Waals surface area contributed by atoms with Crippen LogP contribution in [-0.2, 0) is 11.8 Å². The maximum absolute atomic E-state index is 11.8. The van der Waals surface area contributed by atoms with Crippen molar-refractivity contribution in [2.24, 2.45) is 7.05 Å². The zero-order chi connectivity index (χ0) is 11.7. The van der Waals surface area contributed by atoms with Crippen molar-refractivity contribution >= 4 is 17.3 Å². The number of carbonyl (C=O) groups is 1. The summed E-state index contributed by atoms with van der Waals surface area (Å²) in [6, 6.07) is 0. The van der Waals surface area contributed by atoms with Gasteiger partial charge in [0.05, 0.1) is 18.3 Å². The second kappa shape index (κ2) is 3.93. The predicted octanol–water partition coefficient (Wildman–Crippen LogP) is 0.623. The highest BCUT2D eigenvalue weighted by Crippen LogP contribution is 2.19. The second-order valence-corrected chi connectivity index (χ2v) is 3.81. The van der Waals surface area contributed by atoms with Gasteiger partial charge in [-0.1, -0.05) is 0 Å². The molecule has 2 aromatic rings. The van der Waals surface area contributed by atoms with Crippen LogP contribution in [0.15, 0.2) is 15.7 Å². The molecule has 0 spiro atoms. The van der Waals surface area contributed by atoms with Gasteiger partial charge in [-0.05, 0) is 0 Å². The number of methoxy groups -OCH3 is 1. The smallest absolute Gasteiger partial charge is 0.356 e. The van der Waals surface area contributed by atoms with Gasteiger partial charge < -0.3 is 4.74 Å². The largest absolute Gasteiger partial charge is 0.464 e. The lowest BCUT2D eigenvalue weighted by atomic mass is 10.2. The van der Waals surface area contributed by atoms with E-state index in [0.29, 0.717) is 5.69 Å². The molecular formula is C9H9N3O3S. The first-order valence-corrected chi connectivity index (χ1v) is 5.35. The van der Waals surface area contributed by atoms with E-state index >= 15 is 0 Å². The molecule has 0 atom stereocenters. The van der Waals surface area contributed by atoms with Gasteiger partial charge in [-0.15, -0.1) is 11.3 Å². The van der Waals surface area contributed by atoms with Gasteiger partial charge in [0.25, 0.3) is 5.56 Å². The predicted molar refractivity (Wildman–Crippen MR) is 58.5 cm³/mol. The van der Waals surface area contributed by atoms with Crippen molar-refractivity contribution in [2.75, 3.05) is 7.11 Å². The molecule has 0 fully saturated rings. The molecule has 84 valence electrons. The van der Waals surface area contributed by atoms with Gasteiger partial charge in [0.15, 0.2) is 5.69 Å². The maximum Gasteiger partial charge on any atom is 0.356 e. The Morgan fingerprint density at radius 1 is 1.62 bits per heavy atom. The zero-order valence-electron chi connectivity index (χ0n) is 8.68. The normalized spacial score (nSPS) is 10.4. The van der Waals surface area contributed by atoms with E-state index in [1.54, 1.807) is 10.9 Å². The number of hydrogen-bond donors (Lipinski definition) is 1. The Bertz CT molecular complexity index is 567. The van der Waals surface area contributed by atoms with Crippen LogP contribution >= 0.6 is 11.3 Å². The van der Waals surface area contributed by atoms with Crippen LogP contribution in [0, 0.1) is 0 Å². The summed E-state index contributed by atoms with van der Waals surface area (Å²) < 4.78 is 5.82. The molecule has 0 aliphatic carbocycles. The standard InChI is InChI=1S/C9H9N3O3S/c1-12-8(13)6(5-3-16-4-10-5)7(11-12)9(14)15-2/h3-4,11H,1-2H3. The first-order chi connectivity index (χ1) is 7.65. The summed E-state index contributed by atoms with van der Waals surface area (Å²) in [5.74, 6) is -0.583. The van der Waals surface area contributed by atoms with Crippen LogP contribution in [-0.4, -0.2) is 27.8 Å². The number of nitrogens with one attached hydrogen (secondary N) is 1. The van der Waals surface area contributed by atoms with Crippen molar-refractivity contribution in [1.82, 2.24) is 14.8 Å². The number of H-pyrrole nitrogens is 1. The molecule has 6 nitrogen and oxygen atoms in total. The molecule has 0 saturated carbocycles. The zero-order valence-corrected chi connectivity index (χ0v) is 9.50. The van der Waals surface area contributed by atoms with Gasteiger partial charge in [0.1, 0.15) is 5.56 Å². The summed E-state index contributed by atoms with van der Waals surface area (Å²) >= 11 is 1.36. The van der Waals surface area contributed by atoms with E-state index in [4.69, 9.17) is 0 Å². The van der Waals surface area contributed by atoms with Crippen LogP contribution in [0.25, 0.3) is 11.3 Å². The number of rotatable bonds is 2. The fourth-order valence-corrected chi connectivity index (χ4v) is 1.92. The van der Waals surface area contributed by atoms with E-state index in [2.05, 4.69) is 14.8 Å². The highest BCUT2D eigenvalue weighted by atomic mass is 32.1. The fraction of sp³-hybridized carbons (Fsp3) is 0.222. The van der Waals surface area contributed by atoms with Gasteiger partial charge in [-0.3, -0.25) is 14.6 Å². The molecule has 0 saturated heterocycles. The van der Waals surface area contributed by atoms with E-state index in [0.717, 1.165) is 0 Å². The first-order valence-electron chi connectivity index (χ1n) is 4.41. The highest BCUT2D eigenvalue weighted by molar-refractivity contribution is 7.07. The molecule has 16 heavy (non-hydrogen) atoms. The molecule has 2 aromatic heterocycles. The van der Waals surface area contributed by atoms with Gasteiger partial charge in [0.2, 0.25) is 0 Å². The quantitative estimate of drug-likeness (QED) is 0.779. The molecule has 1 N–H and O–H groups in total. The molecular weight excluding hydrogens is 230 g/mol. The summed E-state index contributed by atoms with van der Waals surface area (Å²) in [6.07, 6.45) is 0. The number of ether oxygens (including phenoxy) is 1. The molecule has 0 amide bonds. The number of aryl methyl sites for hydroxylation is 1. The van der Waals surface area contributed by atoms with Gasteiger partial charge >= 0.3 is 5.97 Å². The Hall–Kier alpha value is -1.89. The number of carbonyl (C=O) groups excluding carboxylic acids is 1. The van der Waals surface area contributed by atoms with Crippen molar-refractivity contribution in [3.05, 3.63) is 26.9 Å². The number of aromatic amines is 1. The van der Waals surface area contributed by atoms with Gasteiger partial charge in [0, 0.05) is 12.4 Å². The maximum atomic E-state index is 11.8. The van der Waals surface area contributed by atoms with E-state index in [9.17, 15) is 9.59 Å². The third-order valence-electron chi connectivity index (χ3n) is 2.13. The molecule has 0 radical (unpaired) electrons. The van der Waals surface area contributed by atoms with Gasteiger partial charge in [-0.2, -0.15) is 0 Å². The summed E-state index contributed by atoms with van der Waals surface area (Å²) in [5.41, 5.74) is 2.15. The minimum atomic E-state index is -0.583. The lowest BCUT2D eigenvalue weighted by Gasteiger charge is -1.96. The number of hydrogen-bond acceptors (Lipinski definition) is 5. The lowest BCUT2D eigenvalue weighted by Crippen LogP contribution is -2.13. The van der Waals surface area contributed by atoms with Crippen molar-refractivity contribution in [1.29, 1.82) is 0 Å².